The molecule has 1 aliphatic rings. The molecule has 1 fully saturated rings. The molecule has 1 aromatic carbocycles. The van der Waals surface area contributed by atoms with Crippen molar-refractivity contribution in [3.63, 3.8) is 0 Å². The van der Waals surface area contributed by atoms with Crippen LogP contribution < -0.4 is 5.32 Å². The lowest BCUT2D eigenvalue weighted by molar-refractivity contribution is 0.0527. The predicted octanol–water partition coefficient (Wildman–Crippen LogP) is 2.30. The maximum absolute atomic E-state index is 12.9. The Morgan fingerprint density at radius 1 is 1.27 bits per heavy atom. The molecule has 0 spiro atoms. The fourth-order valence-corrected chi connectivity index (χ4v) is 3.04. The van der Waals surface area contributed by atoms with E-state index < -0.39 is 0 Å². The van der Waals surface area contributed by atoms with E-state index in [1.807, 2.05) is 0 Å². The summed E-state index contributed by atoms with van der Waals surface area (Å²) < 4.78 is 18.1. The second-order valence-electron chi connectivity index (χ2n) is 6.71. The highest BCUT2D eigenvalue weighted by Gasteiger charge is 2.24. The largest absolute Gasteiger partial charge is 0.396 e. The van der Waals surface area contributed by atoms with Crippen LogP contribution in [0, 0.1) is 11.7 Å². The first kappa shape index (κ1) is 18.5. The number of hydrogen-bond acceptors (Lipinski definition) is 5. The molecule has 2 N–H and O–H groups in total. The van der Waals surface area contributed by atoms with Gasteiger partial charge in [-0.2, -0.15) is 0 Å². The molecule has 3 rings (SSSR count). The number of nitrogens with one attached hydrogen (secondary N) is 1. The highest BCUT2D eigenvalue weighted by atomic mass is 19.1. The third kappa shape index (κ3) is 4.89. The first-order valence-electron chi connectivity index (χ1n) is 9.00. The zero-order chi connectivity index (χ0) is 18.4. The Kier molecular flexibility index (Phi) is 6.35. The summed E-state index contributed by atoms with van der Waals surface area (Å²) in [4.78, 5) is 14.4. The number of halogens is 1. The Bertz CT molecular complexity index is 711. The topological polar surface area (TPSA) is 78.6 Å². The van der Waals surface area contributed by atoms with Gasteiger partial charge in [0.15, 0.2) is 11.5 Å². The molecule has 1 amide bonds. The number of unbranched alkanes of at least 4 members (excludes halogenated alkanes) is 2. The quantitative estimate of drug-likeness (QED) is 0.670. The zero-order valence-electron chi connectivity index (χ0n) is 14.7. The van der Waals surface area contributed by atoms with Crippen LogP contribution in [0.5, 0.6) is 0 Å². The second kappa shape index (κ2) is 8.91. The summed E-state index contributed by atoms with van der Waals surface area (Å²) >= 11 is 0. The van der Waals surface area contributed by atoms with Crippen LogP contribution >= 0.6 is 0 Å². The van der Waals surface area contributed by atoms with E-state index >= 15 is 0 Å². The van der Waals surface area contributed by atoms with Crippen LogP contribution in [0.4, 0.5) is 4.39 Å². The van der Waals surface area contributed by atoms with Gasteiger partial charge in [0.05, 0.1) is 0 Å². The van der Waals surface area contributed by atoms with Crippen molar-refractivity contribution in [1.29, 1.82) is 0 Å². The van der Waals surface area contributed by atoms with Crippen molar-refractivity contribution < 1.29 is 18.8 Å². The molecule has 1 aliphatic heterocycles. The normalized spacial score (nSPS) is 15.0. The first-order chi connectivity index (χ1) is 12.7. The molecule has 7 heteroatoms. The Labute approximate surface area is 152 Å². The second-order valence-corrected chi connectivity index (χ2v) is 6.71. The molecule has 0 radical (unpaired) electrons. The van der Waals surface area contributed by atoms with Gasteiger partial charge in [0.25, 0.3) is 5.91 Å². The van der Waals surface area contributed by atoms with Crippen LogP contribution in [0.2, 0.25) is 0 Å². The van der Waals surface area contributed by atoms with Gasteiger partial charge in [0.1, 0.15) is 5.82 Å². The molecule has 0 saturated carbocycles. The molecule has 26 heavy (non-hydrogen) atoms. The summed E-state index contributed by atoms with van der Waals surface area (Å²) in [7, 11) is 0. The van der Waals surface area contributed by atoms with Crippen molar-refractivity contribution in [1.82, 2.24) is 15.4 Å². The molecule has 0 unspecified atom stereocenters. The third-order valence-corrected chi connectivity index (χ3v) is 4.60. The van der Waals surface area contributed by atoms with Gasteiger partial charge < -0.3 is 19.8 Å². The molecule has 2 aromatic rings. The Hall–Kier alpha value is -2.25. The summed E-state index contributed by atoms with van der Waals surface area (Å²) in [5, 5.41) is 15.6. The lowest BCUT2D eigenvalue weighted by atomic mass is 10.0. The fraction of sp³-hybridized carbons (Fsp3) is 0.474. The van der Waals surface area contributed by atoms with Gasteiger partial charge >= 0.3 is 0 Å². The first-order valence-corrected chi connectivity index (χ1v) is 9.00. The monoisotopic (exact) mass is 361 g/mol. The zero-order valence-corrected chi connectivity index (χ0v) is 14.7. The average Bonchev–Trinajstić information content (AvgIpc) is 3.10. The molecule has 6 nitrogen and oxygen atoms in total. The number of nitrogens with zero attached hydrogens (tertiary/aromatic N) is 2. The van der Waals surface area contributed by atoms with Crippen molar-refractivity contribution >= 4 is 5.91 Å². The SMILES string of the molecule is O=C(NCCCCCN1CC(CO)C1)c1cc(-c2ccc(F)cc2)on1. The molecule has 140 valence electrons. The molecular formula is C19H24FN3O3. The lowest BCUT2D eigenvalue weighted by Crippen LogP contribution is -2.48. The van der Waals surface area contributed by atoms with Crippen molar-refractivity contribution in [2.75, 3.05) is 32.8 Å². The Morgan fingerprint density at radius 3 is 2.77 bits per heavy atom. The van der Waals surface area contributed by atoms with Gasteiger partial charge in [0, 0.05) is 43.8 Å². The van der Waals surface area contributed by atoms with Crippen LogP contribution in [0.15, 0.2) is 34.9 Å². The number of amides is 1. The van der Waals surface area contributed by atoms with E-state index in [-0.39, 0.29) is 24.0 Å². The number of carbonyl (C=O) groups excluding carboxylic acids is 1. The number of aliphatic hydroxyl groups is 1. The summed E-state index contributed by atoms with van der Waals surface area (Å²) in [6.07, 6.45) is 3.04. The van der Waals surface area contributed by atoms with Crippen molar-refractivity contribution in [2.45, 2.75) is 19.3 Å². The summed E-state index contributed by atoms with van der Waals surface area (Å²) in [6, 6.07) is 7.39. The summed E-state index contributed by atoms with van der Waals surface area (Å²) in [5.74, 6) is 0.298. The van der Waals surface area contributed by atoms with Crippen molar-refractivity contribution in [3.8, 4) is 11.3 Å². The van der Waals surface area contributed by atoms with E-state index in [1.54, 1.807) is 18.2 Å². The molecule has 0 bridgehead atoms. The minimum absolute atomic E-state index is 0.222. The number of benzene rings is 1. The predicted molar refractivity (Wildman–Crippen MR) is 95.1 cm³/mol. The van der Waals surface area contributed by atoms with Gasteiger partial charge in [-0.1, -0.05) is 11.6 Å². The number of carbonyl (C=O) groups is 1. The van der Waals surface area contributed by atoms with Crippen LogP contribution in [0.3, 0.4) is 0 Å². The van der Waals surface area contributed by atoms with Gasteiger partial charge in [-0.05, 0) is 43.7 Å². The van der Waals surface area contributed by atoms with E-state index in [1.165, 1.54) is 12.1 Å². The molecule has 1 saturated heterocycles. The number of aliphatic hydroxyl groups excluding tert-OH is 1. The van der Waals surface area contributed by atoms with Gasteiger partial charge in [-0.15, -0.1) is 0 Å². The fourth-order valence-electron chi connectivity index (χ4n) is 3.04. The van der Waals surface area contributed by atoms with E-state index in [0.717, 1.165) is 38.9 Å². The number of rotatable bonds is 9. The summed E-state index contributed by atoms with van der Waals surface area (Å²) in [6.45, 7) is 3.92. The molecular weight excluding hydrogens is 337 g/mol. The Morgan fingerprint density at radius 2 is 2.04 bits per heavy atom. The van der Waals surface area contributed by atoms with Crippen molar-refractivity contribution in [2.24, 2.45) is 5.92 Å². The van der Waals surface area contributed by atoms with Gasteiger partial charge in [0.2, 0.25) is 0 Å². The van der Waals surface area contributed by atoms with Crippen molar-refractivity contribution in [3.05, 3.63) is 41.8 Å². The average molecular weight is 361 g/mol. The van der Waals surface area contributed by atoms with E-state index in [2.05, 4.69) is 15.4 Å². The molecule has 0 aliphatic carbocycles. The lowest BCUT2D eigenvalue weighted by Gasteiger charge is -2.38. The highest BCUT2D eigenvalue weighted by Crippen LogP contribution is 2.20. The molecule has 2 heterocycles. The standard InChI is InChI=1S/C19H24FN3O3/c20-16-6-4-15(5-7-16)18-10-17(22-26-18)19(25)21-8-2-1-3-9-23-11-14(12-23)13-24/h4-7,10,14,24H,1-3,8-9,11-13H2,(H,21,25). The van der Waals surface area contributed by atoms with Gasteiger partial charge in [-0.3, -0.25) is 4.79 Å². The highest BCUT2D eigenvalue weighted by molar-refractivity contribution is 5.93. The van der Waals surface area contributed by atoms with Crippen LogP contribution in [-0.2, 0) is 0 Å². The van der Waals surface area contributed by atoms with E-state index in [9.17, 15) is 9.18 Å². The third-order valence-electron chi connectivity index (χ3n) is 4.60. The van der Waals surface area contributed by atoms with Gasteiger partial charge in [-0.25, -0.2) is 4.39 Å². The van der Waals surface area contributed by atoms with Crippen LogP contribution in [-0.4, -0.2) is 53.9 Å². The Balaban J connectivity index is 1.33. The van der Waals surface area contributed by atoms with Crippen LogP contribution in [0.1, 0.15) is 29.8 Å². The number of hydrogen-bond donors (Lipinski definition) is 2. The van der Waals surface area contributed by atoms with Crippen LogP contribution in [0.25, 0.3) is 11.3 Å². The number of aromatic nitrogens is 1. The van der Waals surface area contributed by atoms with E-state index in [4.69, 9.17) is 9.63 Å². The van der Waals surface area contributed by atoms with E-state index in [0.29, 0.717) is 23.8 Å². The maximum atomic E-state index is 12.9. The number of likely N-dealkylation sites (tertiary alicyclic amines) is 1. The minimum atomic E-state index is -0.325. The molecule has 1 aromatic heterocycles. The summed E-state index contributed by atoms with van der Waals surface area (Å²) in [5.41, 5.74) is 0.896. The maximum Gasteiger partial charge on any atom is 0.273 e. The minimum Gasteiger partial charge on any atom is -0.396 e. The molecule has 0 atom stereocenters. The smallest absolute Gasteiger partial charge is 0.273 e.